The summed E-state index contributed by atoms with van der Waals surface area (Å²) >= 11 is 3.49. The molecule has 0 aromatic carbocycles. The van der Waals surface area contributed by atoms with Gasteiger partial charge in [-0.2, -0.15) is 0 Å². The van der Waals surface area contributed by atoms with E-state index >= 15 is 0 Å². The lowest BCUT2D eigenvalue weighted by Gasteiger charge is -2.55. The van der Waals surface area contributed by atoms with Crippen LogP contribution < -0.4 is 5.73 Å². The Morgan fingerprint density at radius 1 is 1.21 bits per heavy atom. The number of hydrogen-bond acceptors (Lipinski definition) is 7. The molecule has 2 heterocycles. The number of thiol groups is 1. The molecule has 7 atom stereocenters. The van der Waals surface area contributed by atoms with E-state index in [4.69, 9.17) is 19.9 Å². The van der Waals surface area contributed by atoms with Crippen molar-refractivity contribution in [2.24, 2.45) is 35.3 Å². The predicted octanol–water partition coefficient (Wildman–Crippen LogP) is 3.46. The molecule has 0 aromatic heterocycles. The monoisotopic (exact) mass is 359 g/mol. The zero-order valence-corrected chi connectivity index (χ0v) is 15.8. The molecule has 6 nitrogen and oxygen atoms in total. The van der Waals surface area contributed by atoms with Crippen molar-refractivity contribution in [3.63, 3.8) is 0 Å². The maximum Gasteiger partial charge on any atom is 0.522 e. The topological polar surface area (TPSA) is 80.0 Å². The SMILES string of the molecule is CC1CCC2C(C)C(OC(=O)OS)OC3(N)OC(C)(C)CCC1C23. The molecule has 2 N–H and O–H groups in total. The molecule has 24 heavy (non-hydrogen) atoms. The standard InChI is InChI=1S/C17H29NO5S/c1-9-5-6-12-10(2)14(20-15(19)22-24)21-17(18)13(12)11(9)7-8-16(3,4)23-17/h9-14,24H,5-8,18H2,1-4H3. The summed E-state index contributed by atoms with van der Waals surface area (Å²) in [4.78, 5) is 11.5. The average Bonchev–Trinajstić information content (AvgIpc) is 2.60. The number of nitrogens with two attached hydrogens (primary N) is 1. The third-order valence-corrected chi connectivity index (χ3v) is 6.43. The van der Waals surface area contributed by atoms with E-state index in [2.05, 4.69) is 24.0 Å². The molecule has 1 saturated carbocycles. The Kier molecular flexibility index (Phi) is 4.83. The molecule has 0 radical (unpaired) electrons. The van der Waals surface area contributed by atoms with Crippen molar-refractivity contribution in [3.8, 4) is 0 Å². The fourth-order valence-electron chi connectivity index (χ4n) is 5.08. The fourth-order valence-corrected chi connectivity index (χ4v) is 5.12. The molecule has 2 saturated heterocycles. The second-order valence-corrected chi connectivity index (χ2v) is 8.52. The Morgan fingerprint density at radius 2 is 1.92 bits per heavy atom. The zero-order chi connectivity index (χ0) is 17.7. The third kappa shape index (κ3) is 3.16. The minimum atomic E-state index is -1.25. The number of ether oxygens (including phenoxy) is 3. The predicted molar refractivity (Wildman–Crippen MR) is 90.8 cm³/mol. The van der Waals surface area contributed by atoms with E-state index in [0.717, 1.165) is 25.7 Å². The van der Waals surface area contributed by atoms with E-state index in [9.17, 15) is 4.79 Å². The van der Waals surface area contributed by atoms with Crippen LogP contribution in [0.5, 0.6) is 0 Å². The molecule has 2 aliphatic heterocycles. The minimum absolute atomic E-state index is 0.0268. The molecule has 3 rings (SSSR count). The lowest BCUT2D eigenvalue weighted by molar-refractivity contribution is -0.394. The van der Waals surface area contributed by atoms with Crippen LogP contribution in [0.25, 0.3) is 0 Å². The van der Waals surface area contributed by atoms with E-state index in [1.807, 2.05) is 20.8 Å². The molecular weight excluding hydrogens is 330 g/mol. The Hall–Kier alpha value is -0.500. The van der Waals surface area contributed by atoms with Crippen LogP contribution in [-0.2, 0) is 18.4 Å². The lowest BCUT2D eigenvalue weighted by Crippen LogP contribution is -2.66. The van der Waals surface area contributed by atoms with Gasteiger partial charge in [-0.3, -0.25) is 10.5 Å². The van der Waals surface area contributed by atoms with E-state index in [0.29, 0.717) is 11.8 Å². The van der Waals surface area contributed by atoms with E-state index < -0.39 is 18.4 Å². The number of hydrogen-bond donors (Lipinski definition) is 2. The Morgan fingerprint density at radius 3 is 2.58 bits per heavy atom. The summed E-state index contributed by atoms with van der Waals surface area (Å²) in [5.41, 5.74) is 6.28. The van der Waals surface area contributed by atoms with Gasteiger partial charge in [0.25, 0.3) is 0 Å². The Bertz CT molecular complexity index is 501. The van der Waals surface area contributed by atoms with Crippen molar-refractivity contribution >= 4 is 19.1 Å². The zero-order valence-electron chi connectivity index (χ0n) is 14.9. The lowest BCUT2D eigenvalue weighted by atomic mass is 9.60. The third-order valence-electron chi connectivity index (χ3n) is 6.28. The summed E-state index contributed by atoms with van der Waals surface area (Å²) in [7, 11) is 0. The van der Waals surface area contributed by atoms with Gasteiger partial charge < -0.3 is 13.7 Å². The molecule has 0 spiro atoms. The van der Waals surface area contributed by atoms with E-state index in [1.165, 1.54) is 0 Å². The maximum atomic E-state index is 11.5. The summed E-state index contributed by atoms with van der Waals surface area (Å²) in [6.45, 7) is 8.42. The first kappa shape index (κ1) is 18.3. The summed E-state index contributed by atoms with van der Waals surface area (Å²) in [5.74, 6) is 0.205. The number of carbonyl (C=O) groups is 1. The van der Waals surface area contributed by atoms with Crippen LogP contribution in [0.1, 0.15) is 53.4 Å². The normalized spacial score (nSPS) is 47.2. The first-order chi connectivity index (χ1) is 11.2. The number of rotatable bonds is 1. The summed E-state index contributed by atoms with van der Waals surface area (Å²) in [6.07, 6.45) is 2.52. The summed E-state index contributed by atoms with van der Waals surface area (Å²) in [5, 5.41) is 0. The molecular formula is C17H29NO5S. The summed E-state index contributed by atoms with van der Waals surface area (Å²) in [6, 6.07) is 0. The van der Waals surface area contributed by atoms with Crippen LogP contribution in [0, 0.1) is 29.6 Å². The minimum Gasteiger partial charge on any atom is -0.403 e. The maximum absolute atomic E-state index is 11.5. The van der Waals surface area contributed by atoms with Gasteiger partial charge in [0.2, 0.25) is 12.2 Å². The van der Waals surface area contributed by atoms with Crippen LogP contribution in [0.3, 0.4) is 0 Å². The highest BCUT2D eigenvalue weighted by Crippen LogP contribution is 2.56. The molecule has 0 aromatic rings. The molecule has 3 fully saturated rings. The fraction of sp³-hybridized carbons (Fsp3) is 0.941. The van der Waals surface area contributed by atoms with Gasteiger partial charge in [0, 0.05) is 24.7 Å². The second kappa shape index (κ2) is 6.34. The van der Waals surface area contributed by atoms with Gasteiger partial charge in [-0.15, -0.1) is 0 Å². The molecule has 3 aliphatic rings. The van der Waals surface area contributed by atoms with Crippen LogP contribution in [0.2, 0.25) is 0 Å². The highest BCUT2D eigenvalue weighted by atomic mass is 32.1. The molecule has 7 heteroatoms. The van der Waals surface area contributed by atoms with Crippen molar-refractivity contribution in [2.75, 3.05) is 0 Å². The van der Waals surface area contributed by atoms with Crippen molar-refractivity contribution in [2.45, 2.75) is 71.2 Å². The quantitative estimate of drug-likeness (QED) is 0.424. The average molecular weight is 359 g/mol. The van der Waals surface area contributed by atoms with Crippen LogP contribution in [0.15, 0.2) is 0 Å². The van der Waals surface area contributed by atoms with Crippen molar-refractivity contribution < 1.29 is 23.2 Å². The highest BCUT2D eigenvalue weighted by molar-refractivity contribution is 7.75. The molecule has 138 valence electrons. The van der Waals surface area contributed by atoms with Gasteiger partial charge >= 0.3 is 6.16 Å². The van der Waals surface area contributed by atoms with Crippen molar-refractivity contribution in [1.29, 1.82) is 0 Å². The van der Waals surface area contributed by atoms with Crippen LogP contribution >= 0.6 is 12.9 Å². The molecule has 7 unspecified atom stereocenters. The van der Waals surface area contributed by atoms with Gasteiger partial charge in [0.1, 0.15) is 0 Å². The van der Waals surface area contributed by atoms with Crippen LogP contribution in [0.4, 0.5) is 4.79 Å². The Balaban J connectivity index is 1.95. The summed E-state index contributed by atoms with van der Waals surface area (Å²) < 4.78 is 21.9. The largest absolute Gasteiger partial charge is 0.522 e. The van der Waals surface area contributed by atoms with Crippen molar-refractivity contribution in [3.05, 3.63) is 0 Å². The van der Waals surface area contributed by atoms with Gasteiger partial charge in [-0.1, -0.05) is 20.3 Å². The highest BCUT2D eigenvalue weighted by Gasteiger charge is 2.61. The van der Waals surface area contributed by atoms with Gasteiger partial charge in [0.15, 0.2) is 0 Å². The Labute approximate surface area is 149 Å². The van der Waals surface area contributed by atoms with E-state index in [-0.39, 0.29) is 23.4 Å². The molecule has 0 bridgehead atoms. The smallest absolute Gasteiger partial charge is 0.403 e. The second-order valence-electron chi connectivity index (χ2n) is 8.33. The van der Waals surface area contributed by atoms with E-state index in [1.54, 1.807) is 0 Å². The first-order valence-corrected chi connectivity index (χ1v) is 9.22. The van der Waals surface area contributed by atoms with Crippen LogP contribution in [-0.4, -0.2) is 24.0 Å². The van der Waals surface area contributed by atoms with Gasteiger partial charge in [0.05, 0.1) is 5.60 Å². The van der Waals surface area contributed by atoms with Crippen molar-refractivity contribution in [1.82, 2.24) is 0 Å². The molecule has 0 amide bonds. The van der Waals surface area contributed by atoms with Gasteiger partial charge in [-0.25, -0.2) is 4.79 Å². The van der Waals surface area contributed by atoms with Gasteiger partial charge in [-0.05, 0) is 50.9 Å². The number of carbonyl (C=O) groups excluding carboxylic acids is 1. The molecule has 1 aliphatic carbocycles. The first-order valence-electron chi connectivity index (χ1n) is 8.86.